The molecule has 1 heterocycles. The molecule has 2 heteroatoms. The van der Waals surface area contributed by atoms with Gasteiger partial charge in [0, 0.05) is 17.1 Å². The molecule has 3 aromatic rings. The largest absolute Gasteiger partial charge is 0.497 e. The molecular formula is C19H19NO. The zero-order chi connectivity index (χ0) is 14.8. The molecule has 0 atom stereocenters. The zero-order valence-electron chi connectivity index (χ0n) is 12.6. The van der Waals surface area contributed by atoms with E-state index < -0.39 is 0 Å². The molecule has 0 saturated heterocycles. The molecule has 106 valence electrons. The van der Waals surface area contributed by atoms with Crippen molar-refractivity contribution in [3.8, 4) is 17.0 Å². The Labute approximate surface area is 125 Å². The SMILES string of the molecule is COc1ccc2c(-c3ccc(C(C)C)cc3)nccc2c1. The van der Waals surface area contributed by atoms with Crippen molar-refractivity contribution in [3.63, 3.8) is 0 Å². The van der Waals surface area contributed by atoms with Gasteiger partial charge in [0.15, 0.2) is 0 Å². The molecule has 3 rings (SSSR count). The minimum atomic E-state index is 0.545. The average Bonchev–Trinajstić information content (AvgIpc) is 2.53. The van der Waals surface area contributed by atoms with Gasteiger partial charge in [0.05, 0.1) is 12.8 Å². The summed E-state index contributed by atoms with van der Waals surface area (Å²) in [7, 11) is 1.69. The fourth-order valence-electron chi connectivity index (χ4n) is 2.54. The number of pyridine rings is 1. The highest BCUT2D eigenvalue weighted by molar-refractivity contribution is 5.95. The average molecular weight is 277 g/mol. The third-order valence-corrected chi connectivity index (χ3v) is 3.82. The summed E-state index contributed by atoms with van der Waals surface area (Å²) < 4.78 is 5.29. The van der Waals surface area contributed by atoms with Gasteiger partial charge in [-0.05, 0) is 41.1 Å². The molecule has 2 nitrogen and oxygen atoms in total. The second kappa shape index (κ2) is 5.57. The van der Waals surface area contributed by atoms with Gasteiger partial charge in [-0.15, -0.1) is 0 Å². The van der Waals surface area contributed by atoms with Gasteiger partial charge >= 0.3 is 0 Å². The highest BCUT2D eigenvalue weighted by atomic mass is 16.5. The normalized spacial score (nSPS) is 11.0. The molecule has 0 N–H and O–H groups in total. The summed E-state index contributed by atoms with van der Waals surface area (Å²) in [5.41, 5.74) is 3.52. The van der Waals surface area contributed by atoms with Crippen molar-refractivity contribution < 1.29 is 4.74 Å². The zero-order valence-corrected chi connectivity index (χ0v) is 12.6. The number of methoxy groups -OCH3 is 1. The monoisotopic (exact) mass is 277 g/mol. The molecule has 0 aliphatic carbocycles. The van der Waals surface area contributed by atoms with Crippen LogP contribution in [0.5, 0.6) is 5.75 Å². The molecule has 21 heavy (non-hydrogen) atoms. The van der Waals surface area contributed by atoms with Gasteiger partial charge in [-0.3, -0.25) is 4.98 Å². The number of ether oxygens (including phenoxy) is 1. The van der Waals surface area contributed by atoms with Gasteiger partial charge in [0.1, 0.15) is 5.75 Å². The van der Waals surface area contributed by atoms with Crippen LogP contribution in [0.1, 0.15) is 25.3 Å². The van der Waals surface area contributed by atoms with Crippen LogP contribution < -0.4 is 4.74 Å². The van der Waals surface area contributed by atoms with Crippen molar-refractivity contribution in [2.75, 3.05) is 7.11 Å². The van der Waals surface area contributed by atoms with Crippen molar-refractivity contribution in [3.05, 3.63) is 60.3 Å². The van der Waals surface area contributed by atoms with E-state index in [1.54, 1.807) is 7.11 Å². The fourth-order valence-corrected chi connectivity index (χ4v) is 2.54. The fraction of sp³-hybridized carbons (Fsp3) is 0.211. The van der Waals surface area contributed by atoms with Crippen molar-refractivity contribution >= 4 is 10.8 Å². The molecule has 1 aromatic heterocycles. The maximum atomic E-state index is 5.29. The maximum absolute atomic E-state index is 5.29. The van der Waals surface area contributed by atoms with E-state index in [4.69, 9.17) is 4.74 Å². The van der Waals surface area contributed by atoms with Crippen LogP contribution in [0.15, 0.2) is 54.7 Å². The van der Waals surface area contributed by atoms with E-state index >= 15 is 0 Å². The summed E-state index contributed by atoms with van der Waals surface area (Å²) in [4.78, 5) is 4.57. The van der Waals surface area contributed by atoms with Crippen LogP contribution in [0.2, 0.25) is 0 Å². The Morgan fingerprint density at radius 3 is 2.38 bits per heavy atom. The highest BCUT2D eigenvalue weighted by Crippen LogP contribution is 2.29. The first kappa shape index (κ1) is 13.6. The Morgan fingerprint density at radius 1 is 0.952 bits per heavy atom. The molecule has 0 saturated carbocycles. The number of hydrogen-bond acceptors (Lipinski definition) is 2. The topological polar surface area (TPSA) is 22.1 Å². The Kier molecular flexibility index (Phi) is 3.61. The smallest absolute Gasteiger partial charge is 0.119 e. The molecular weight excluding hydrogens is 258 g/mol. The lowest BCUT2D eigenvalue weighted by Crippen LogP contribution is -1.90. The molecule has 2 aromatic carbocycles. The molecule has 0 aliphatic rings. The lowest BCUT2D eigenvalue weighted by molar-refractivity contribution is 0.415. The van der Waals surface area contributed by atoms with Crippen LogP contribution in [0.4, 0.5) is 0 Å². The van der Waals surface area contributed by atoms with E-state index in [9.17, 15) is 0 Å². The Balaban J connectivity index is 2.11. The van der Waals surface area contributed by atoms with Gasteiger partial charge < -0.3 is 4.74 Å². The van der Waals surface area contributed by atoms with Crippen LogP contribution in [0, 0.1) is 0 Å². The molecule has 0 fully saturated rings. The molecule has 0 bridgehead atoms. The van der Waals surface area contributed by atoms with E-state index in [2.05, 4.69) is 49.2 Å². The van der Waals surface area contributed by atoms with Crippen molar-refractivity contribution in [1.29, 1.82) is 0 Å². The van der Waals surface area contributed by atoms with Crippen molar-refractivity contribution in [2.24, 2.45) is 0 Å². The van der Waals surface area contributed by atoms with Gasteiger partial charge in [0.2, 0.25) is 0 Å². The van der Waals surface area contributed by atoms with Gasteiger partial charge in [-0.25, -0.2) is 0 Å². The summed E-state index contributed by atoms with van der Waals surface area (Å²) in [6.07, 6.45) is 1.85. The predicted octanol–water partition coefficient (Wildman–Crippen LogP) is 5.03. The quantitative estimate of drug-likeness (QED) is 0.669. The Bertz CT molecular complexity index is 760. The van der Waals surface area contributed by atoms with Crippen LogP contribution in [0.25, 0.3) is 22.0 Å². The first-order valence-corrected chi connectivity index (χ1v) is 7.22. The summed E-state index contributed by atoms with van der Waals surface area (Å²) in [5, 5.41) is 2.29. The van der Waals surface area contributed by atoms with Crippen molar-refractivity contribution in [1.82, 2.24) is 4.98 Å². The number of aromatic nitrogens is 1. The van der Waals surface area contributed by atoms with Gasteiger partial charge in [-0.2, -0.15) is 0 Å². The summed E-state index contributed by atoms with van der Waals surface area (Å²) in [5.74, 6) is 1.42. The van der Waals surface area contributed by atoms with E-state index in [1.165, 1.54) is 5.56 Å². The predicted molar refractivity (Wildman–Crippen MR) is 87.8 cm³/mol. The lowest BCUT2D eigenvalue weighted by Gasteiger charge is -2.09. The van der Waals surface area contributed by atoms with Gasteiger partial charge in [0.25, 0.3) is 0 Å². The molecule has 0 amide bonds. The number of nitrogens with zero attached hydrogens (tertiary/aromatic N) is 1. The summed E-state index contributed by atoms with van der Waals surface area (Å²) in [6.45, 7) is 4.41. The second-order valence-corrected chi connectivity index (χ2v) is 5.52. The van der Waals surface area contributed by atoms with E-state index in [0.29, 0.717) is 5.92 Å². The Hall–Kier alpha value is -2.35. The van der Waals surface area contributed by atoms with Crippen LogP contribution in [-0.2, 0) is 0 Å². The summed E-state index contributed by atoms with van der Waals surface area (Å²) >= 11 is 0. The molecule has 0 aliphatic heterocycles. The van der Waals surface area contributed by atoms with Crippen molar-refractivity contribution in [2.45, 2.75) is 19.8 Å². The van der Waals surface area contributed by atoms with E-state index in [1.807, 2.05) is 24.4 Å². The second-order valence-electron chi connectivity index (χ2n) is 5.52. The van der Waals surface area contributed by atoms with E-state index in [0.717, 1.165) is 27.8 Å². The third-order valence-electron chi connectivity index (χ3n) is 3.82. The number of rotatable bonds is 3. The highest BCUT2D eigenvalue weighted by Gasteiger charge is 2.07. The molecule has 0 spiro atoms. The molecule has 0 radical (unpaired) electrons. The number of fused-ring (bicyclic) bond motifs is 1. The van der Waals surface area contributed by atoms with E-state index in [-0.39, 0.29) is 0 Å². The first-order valence-electron chi connectivity index (χ1n) is 7.22. The first-order chi connectivity index (χ1) is 10.2. The minimum absolute atomic E-state index is 0.545. The standard InChI is InChI=1S/C19H19NO/c1-13(2)14-4-6-15(7-5-14)19-18-9-8-17(21-3)12-16(18)10-11-20-19/h4-13H,1-3H3. The maximum Gasteiger partial charge on any atom is 0.119 e. The van der Waals surface area contributed by atoms with Crippen LogP contribution >= 0.6 is 0 Å². The van der Waals surface area contributed by atoms with Gasteiger partial charge in [-0.1, -0.05) is 38.1 Å². The minimum Gasteiger partial charge on any atom is -0.497 e. The Morgan fingerprint density at radius 2 is 1.71 bits per heavy atom. The summed E-state index contributed by atoms with van der Waals surface area (Å²) in [6, 6.07) is 16.8. The number of hydrogen-bond donors (Lipinski definition) is 0. The third kappa shape index (κ3) is 2.62. The lowest BCUT2D eigenvalue weighted by atomic mass is 9.99. The molecule has 0 unspecified atom stereocenters. The van der Waals surface area contributed by atoms with Crippen LogP contribution in [-0.4, -0.2) is 12.1 Å². The van der Waals surface area contributed by atoms with Crippen LogP contribution in [0.3, 0.4) is 0 Å². The number of benzene rings is 2.